The highest BCUT2D eigenvalue weighted by Crippen LogP contribution is 2.50. The van der Waals surface area contributed by atoms with Crippen molar-refractivity contribution >= 4 is 5.91 Å². The van der Waals surface area contributed by atoms with Crippen LogP contribution in [-0.2, 0) is 21.6 Å². The lowest BCUT2D eigenvalue weighted by molar-refractivity contribution is -0.135. The number of carbonyl (C=O) groups is 1. The van der Waals surface area contributed by atoms with Crippen molar-refractivity contribution in [2.24, 2.45) is 0 Å². The van der Waals surface area contributed by atoms with E-state index in [0.717, 1.165) is 50.3 Å². The summed E-state index contributed by atoms with van der Waals surface area (Å²) in [5.41, 5.74) is 2.04. The lowest BCUT2D eigenvalue weighted by atomic mass is 9.93. The van der Waals surface area contributed by atoms with Crippen LogP contribution in [0.3, 0.4) is 0 Å². The average Bonchev–Trinajstić information content (AvgIpc) is 3.41. The molecule has 2 aromatic rings. The molecule has 2 heterocycles. The van der Waals surface area contributed by atoms with E-state index < -0.39 is 0 Å². The number of rotatable bonds is 5. The zero-order valence-corrected chi connectivity index (χ0v) is 15.6. The molecule has 1 saturated carbocycles. The average molecular weight is 353 g/mol. The lowest BCUT2D eigenvalue weighted by Gasteiger charge is -2.37. The summed E-state index contributed by atoms with van der Waals surface area (Å²) < 4.78 is 7.57. The van der Waals surface area contributed by atoms with Gasteiger partial charge in [0.05, 0.1) is 11.5 Å². The Kier molecular flexibility index (Phi) is 4.57. The SMILES string of the molecule is COCc1ncc(C)n1C1CCCN(C(=O)C2(c3ccccc3)CC2)C1. The summed E-state index contributed by atoms with van der Waals surface area (Å²) >= 11 is 0. The quantitative estimate of drug-likeness (QED) is 0.829. The van der Waals surface area contributed by atoms with Gasteiger partial charge in [0, 0.05) is 32.1 Å². The van der Waals surface area contributed by atoms with Crippen LogP contribution in [0.4, 0.5) is 0 Å². The summed E-state index contributed by atoms with van der Waals surface area (Å²) in [6.07, 6.45) is 5.95. The van der Waals surface area contributed by atoms with Gasteiger partial charge in [0.2, 0.25) is 5.91 Å². The normalized spacial score (nSPS) is 21.6. The number of methoxy groups -OCH3 is 1. The van der Waals surface area contributed by atoms with Crippen LogP contribution in [0.15, 0.2) is 36.5 Å². The monoisotopic (exact) mass is 353 g/mol. The van der Waals surface area contributed by atoms with Crippen LogP contribution >= 0.6 is 0 Å². The lowest BCUT2D eigenvalue weighted by Crippen LogP contribution is -2.45. The Morgan fingerprint density at radius 1 is 1.31 bits per heavy atom. The van der Waals surface area contributed by atoms with Gasteiger partial charge in [-0.1, -0.05) is 30.3 Å². The van der Waals surface area contributed by atoms with Gasteiger partial charge in [-0.05, 0) is 38.2 Å². The molecule has 138 valence electrons. The van der Waals surface area contributed by atoms with Gasteiger partial charge < -0.3 is 14.2 Å². The molecule has 1 saturated heterocycles. The molecule has 1 amide bonds. The molecule has 1 unspecified atom stereocenters. The van der Waals surface area contributed by atoms with Gasteiger partial charge in [0.25, 0.3) is 0 Å². The standard InChI is InChI=1S/C21H27N3O2/c1-16-13-22-19(15-26-2)24(16)18-9-6-12-23(14-18)20(25)21(10-11-21)17-7-4-3-5-8-17/h3-5,7-8,13,18H,6,9-12,14-15H2,1-2H3. The number of nitrogens with zero attached hydrogens (tertiary/aromatic N) is 3. The molecule has 1 aliphatic heterocycles. The Balaban J connectivity index is 1.54. The summed E-state index contributed by atoms with van der Waals surface area (Å²) in [5, 5.41) is 0. The fourth-order valence-electron chi connectivity index (χ4n) is 4.39. The van der Waals surface area contributed by atoms with Gasteiger partial charge in [-0.15, -0.1) is 0 Å². The molecule has 1 aliphatic carbocycles. The predicted molar refractivity (Wildman–Crippen MR) is 99.9 cm³/mol. The third-order valence-corrected chi connectivity index (χ3v) is 5.87. The van der Waals surface area contributed by atoms with E-state index in [1.54, 1.807) is 7.11 Å². The van der Waals surface area contributed by atoms with Gasteiger partial charge in [-0.25, -0.2) is 4.98 Å². The van der Waals surface area contributed by atoms with E-state index in [-0.39, 0.29) is 11.5 Å². The fourth-order valence-corrected chi connectivity index (χ4v) is 4.39. The highest BCUT2D eigenvalue weighted by Gasteiger charge is 2.53. The van der Waals surface area contributed by atoms with Crippen LogP contribution in [0.1, 0.15) is 48.8 Å². The van der Waals surface area contributed by atoms with Crippen molar-refractivity contribution in [1.29, 1.82) is 0 Å². The Bertz CT molecular complexity index is 780. The number of aryl methyl sites for hydroxylation is 1. The first kappa shape index (κ1) is 17.3. The maximum Gasteiger partial charge on any atom is 0.233 e. The number of amides is 1. The zero-order chi connectivity index (χ0) is 18.1. The van der Waals surface area contributed by atoms with Crippen molar-refractivity contribution in [2.45, 2.75) is 50.7 Å². The maximum absolute atomic E-state index is 13.4. The number of ether oxygens (including phenoxy) is 1. The minimum atomic E-state index is -0.275. The van der Waals surface area contributed by atoms with E-state index in [4.69, 9.17) is 4.74 Å². The van der Waals surface area contributed by atoms with Crippen molar-refractivity contribution in [3.05, 3.63) is 53.6 Å². The number of imidazole rings is 1. The van der Waals surface area contributed by atoms with Gasteiger partial charge in [-0.2, -0.15) is 0 Å². The topological polar surface area (TPSA) is 47.4 Å². The molecule has 0 N–H and O–H groups in total. The van der Waals surface area contributed by atoms with Crippen LogP contribution in [0.25, 0.3) is 0 Å². The molecule has 2 aliphatic rings. The predicted octanol–water partition coefficient (Wildman–Crippen LogP) is 3.23. The largest absolute Gasteiger partial charge is 0.377 e. The van der Waals surface area contributed by atoms with Gasteiger partial charge in [0.1, 0.15) is 12.4 Å². The van der Waals surface area contributed by atoms with Crippen molar-refractivity contribution in [3.63, 3.8) is 0 Å². The molecule has 5 nitrogen and oxygen atoms in total. The highest BCUT2D eigenvalue weighted by molar-refractivity contribution is 5.91. The van der Waals surface area contributed by atoms with Gasteiger partial charge in [0.15, 0.2) is 0 Å². The smallest absolute Gasteiger partial charge is 0.233 e. The van der Waals surface area contributed by atoms with Crippen LogP contribution in [-0.4, -0.2) is 40.6 Å². The highest BCUT2D eigenvalue weighted by atomic mass is 16.5. The van der Waals surface area contributed by atoms with Gasteiger partial charge in [-0.3, -0.25) is 4.79 Å². The second-order valence-electron chi connectivity index (χ2n) is 7.61. The van der Waals surface area contributed by atoms with Crippen LogP contribution < -0.4 is 0 Å². The summed E-state index contributed by atoms with van der Waals surface area (Å²) in [4.78, 5) is 20.0. The fraction of sp³-hybridized carbons (Fsp3) is 0.524. The molecular weight excluding hydrogens is 326 g/mol. The third-order valence-electron chi connectivity index (χ3n) is 5.87. The first-order valence-corrected chi connectivity index (χ1v) is 9.52. The van der Waals surface area contributed by atoms with Crippen LogP contribution in [0, 0.1) is 6.92 Å². The van der Waals surface area contributed by atoms with Crippen molar-refractivity contribution in [3.8, 4) is 0 Å². The minimum absolute atomic E-state index is 0.275. The molecule has 1 aromatic carbocycles. The summed E-state index contributed by atoms with van der Waals surface area (Å²) in [6.45, 7) is 4.21. The van der Waals surface area contributed by atoms with Crippen molar-refractivity contribution in [1.82, 2.24) is 14.5 Å². The first-order chi connectivity index (χ1) is 12.7. The molecule has 26 heavy (non-hydrogen) atoms. The van der Waals surface area contributed by atoms with E-state index in [9.17, 15) is 4.79 Å². The first-order valence-electron chi connectivity index (χ1n) is 9.52. The molecule has 0 radical (unpaired) electrons. The summed E-state index contributed by atoms with van der Waals surface area (Å²) in [7, 11) is 1.70. The maximum atomic E-state index is 13.4. The zero-order valence-electron chi connectivity index (χ0n) is 15.6. The molecule has 5 heteroatoms. The molecular formula is C21H27N3O2. The van der Waals surface area contributed by atoms with E-state index in [0.29, 0.717) is 12.5 Å². The molecule has 2 fully saturated rings. The molecule has 1 aromatic heterocycles. The Hall–Kier alpha value is -2.14. The van der Waals surface area contributed by atoms with E-state index in [1.807, 2.05) is 24.4 Å². The molecule has 4 rings (SSSR count). The van der Waals surface area contributed by atoms with Gasteiger partial charge >= 0.3 is 0 Å². The minimum Gasteiger partial charge on any atom is -0.377 e. The van der Waals surface area contributed by atoms with Crippen LogP contribution in [0.2, 0.25) is 0 Å². The number of aromatic nitrogens is 2. The molecule has 1 atom stereocenters. The third kappa shape index (κ3) is 2.94. The Labute approximate surface area is 155 Å². The second kappa shape index (κ2) is 6.88. The number of hydrogen-bond donors (Lipinski definition) is 0. The number of carbonyl (C=O) groups excluding carboxylic acids is 1. The Morgan fingerprint density at radius 3 is 2.77 bits per heavy atom. The number of hydrogen-bond acceptors (Lipinski definition) is 3. The van der Waals surface area contributed by atoms with Crippen LogP contribution in [0.5, 0.6) is 0 Å². The second-order valence-corrected chi connectivity index (χ2v) is 7.61. The van der Waals surface area contributed by atoms with Crippen molar-refractivity contribution in [2.75, 3.05) is 20.2 Å². The summed E-state index contributed by atoms with van der Waals surface area (Å²) in [5.74, 6) is 1.26. The Morgan fingerprint density at radius 2 is 2.08 bits per heavy atom. The molecule has 0 spiro atoms. The van der Waals surface area contributed by atoms with E-state index in [1.165, 1.54) is 5.56 Å². The molecule has 0 bridgehead atoms. The van der Waals surface area contributed by atoms with Crippen molar-refractivity contribution < 1.29 is 9.53 Å². The summed E-state index contributed by atoms with van der Waals surface area (Å²) in [6, 6.07) is 10.6. The number of piperidine rings is 1. The van der Waals surface area contributed by atoms with E-state index >= 15 is 0 Å². The number of likely N-dealkylation sites (tertiary alicyclic amines) is 1. The number of benzene rings is 1. The van der Waals surface area contributed by atoms with E-state index in [2.05, 4.69) is 33.5 Å².